The Labute approximate surface area is 141 Å². The Hall–Kier alpha value is -2.58. The van der Waals surface area contributed by atoms with E-state index in [9.17, 15) is 13.2 Å². The Morgan fingerprint density at radius 2 is 1.79 bits per heavy atom. The quantitative estimate of drug-likeness (QED) is 0.722. The highest BCUT2D eigenvalue weighted by atomic mass is 32.2. The van der Waals surface area contributed by atoms with Gasteiger partial charge in [0.15, 0.2) is 0 Å². The first-order valence-corrected chi connectivity index (χ1v) is 8.61. The van der Waals surface area contributed by atoms with Crippen LogP contribution in [0.3, 0.4) is 0 Å². The molecular formula is C16H19N3O4S. The molecule has 0 aliphatic rings. The maximum Gasteiger partial charge on any atom is 0.334 e. The van der Waals surface area contributed by atoms with E-state index in [1.54, 1.807) is 44.2 Å². The van der Waals surface area contributed by atoms with E-state index in [-0.39, 0.29) is 4.90 Å². The number of ether oxygens (including phenoxy) is 1. The molecule has 7 nitrogen and oxygen atoms in total. The Bertz CT molecular complexity index is 850. The minimum absolute atomic E-state index is 0.111. The van der Waals surface area contributed by atoms with Crippen molar-refractivity contribution in [1.29, 1.82) is 0 Å². The van der Waals surface area contributed by atoms with Gasteiger partial charge in [0.25, 0.3) is 10.0 Å². The summed E-state index contributed by atoms with van der Waals surface area (Å²) in [6.45, 7) is 3.48. The zero-order valence-electron chi connectivity index (χ0n) is 13.6. The van der Waals surface area contributed by atoms with Crippen molar-refractivity contribution in [2.24, 2.45) is 0 Å². The normalized spacial score (nSPS) is 11.0. The van der Waals surface area contributed by atoms with Crippen LogP contribution >= 0.6 is 0 Å². The van der Waals surface area contributed by atoms with Crippen LogP contribution in [0.25, 0.3) is 0 Å². The molecule has 0 fully saturated rings. The summed E-state index contributed by atoms with van der Waals surface area (Å²) >= 11 is 0. The maximum atomic E-state index is 12.3. The lowest BCUT2D eigenvalue weighted by molar-refractivity contribution is 0.250. The fraction of sp³-hybridized carbons (Fsp3) is 0.188. The summed E-state index contributed by atoms with van der Waals surface area (Å²) in [7, 11) is -2.40. The first-order chi connectivity index (χ1) is 11.3. The molecule has 0 aliphatic heterocycles. The summed E-state index contributed by atoms with van der Waals surface area (Å²) in [5, 5.41) is 2.51. The molecule has 0 radical (unpaired) electrons. The van der Waals surface area contributed by atoms with Gasteiger partial charge in [-0.05, 0) is 43.2 Å². The van der Waals surface area contributed by atoms with Crippen molar-refractivity contribution in [2.75, 3.05) is 12.4 Å². The Kier molecular flexibility index (Phi) is 5.42. The number of hydrogen-bond donors (Lipinski definition) is 3. The van der Waals surface area contributed by atoms with Crippen molar-refractivity contribution in [3.8, 4) is 5.75 Å². The molecule has 0 saturated carbocycles. The molecule has 0 spiro atoms. The smallest absolute Gasteiger partial charge is 0.334 e. The summed E-state index contributed by atoms with van der Waals surface area (Å²) in [6.07, 6.45) is 0. The third-order valence-corrected chi connectivity index (χ3v) is 4.68. The average Bonchev–Trinajstić information content (AvgIpc) is 2.56. The minimum atomic E-state index is -3.87. The highest BCUT2D eigenvalue weighted by Crippen LogP contribution is 2.22. The molecule has 128 valence electrons. The lowest BCUT2D eigenvalue weighted by Gasteiger charge is -2.13. The predicted molar refractivity (Wildman–Crippen MR) is 91.4 cm³/mol. The van der Waals surface area contributed by atoms with Gasteiger partial charge in [-0.1, -0.05) is 24.3 Å². The number of methoxy groups -OCH3 is 1. The molecule has 3 N–H and O–H groups in total. The number of hydrazine groups is 1. The predicted octanol–water partition coefficient (Wildman–Crippen LogP) is 2.33. The zero-order chi connectivity index (χ0) is 17.7. The van der Waals surface area contributed by atoms with Crippen molar-refractivity contribution in [3.05, 3.63) is 53.6 Å². The van der Waals surface area contributed by atoms with E-state index >= 15 is 0 Å². The van der Waals surface area contributed by atoms with Gasteiger partial charge in [-0.2, -0.15) is 0 Å². The van der Waals surface area contributed by atoms with E-state index in [1.165, 1.54) is 13.2 Å². The molecule has 0 atom stereocenters. The van der Waals surface area contributed by atoms with Crippen LogP contribution in [0.2, 0.25) is 0 Å². The number of benzene rings is 2. The lowest BCUT2D eigenvalue weighted by Crippen LogP contribution is -2.44. The molecule has 2 amide bonds. The van der Waals surface area contributed by atoms with Crippen LogP contribution < -0.4 is 20.3 Å². The van der Waals surface area contributed by atoms with Gasteiger partial charge in [-0.3, -0.25) is 5.43 Å². The number of nitrogens with one attached hydrogen (secondary N) is 3. The highest BCUT2D eigenvalue weighted by molar-refractivity contribution is 7.89. The molecular weight excluding hydrogens is 330 g/mol. The van der Waals surface area contributed by atoms with Gasteiger partial charge in [-0.15, -0.1) is 4.83 Å². The van der Waals surface area contributed by atoms with Gasteiger partial charge >= 0.3 is 6.03 Å². The van der Waals surface area contributed by atoms with E-state index < -0.39 is 16.1 Å². The van der Waals surface area contributed by atoms with Crippen LogP contribution in [0, 0.1) is 13.8 Å². The number of rotatable bonds is 5. The van der Waals surface area contributed by atoms with Crippen LogP contribution in [0.5, 0.6) is 5.75 Å². The Morgan fingerprint density at radius 3 is 2.50 bits per heavy atom. The summed E-state index contributed by atoms with van der Waals surface area (Å²) in [5.41, 5.74) is 3.93. The number of carbonyl (C=O) groups is 1. The number of urea groups is 1. The fourth-order valence-corrected chi connectivity index (χ4v) is 3.24. The lowest BCUT2D eigenvalue weighted by atomic mass is 10.2. The first-order valence-electron chi connectivity index (χ1n) is 7.12. The molecule has 0 aromatic heterocycles. The zero-order valence-corrected chi connectivity index (χ0v) is 14.4. The monoisotopic (exact) mass is 349 g/mol. The van der Waals surface area contributed by atoms with Crippen molar-refractivity contribution < 1.29 is 17.9 Å². The van der Waals surface area contributed by atoms with Crippen molar-refractivity contribution in [2.45, 2.75) is 18.7 Å². The summed E-state index contributed by atoms with van der Waals surface area (Å²) in [4.78, 5) is 14.1. The average molecular weight is 349 g/mol. The van der Waals surface area contributed by atoms with Gasteiger partial charge in [0.2, 0.25) is 0 Å². The number of hydrogen-bond acceptors (Lipinski definition) is 4. The molecule has 0 heterocycles. The first kappa shape index (κ1) is 17.8. The molecule has 8 heteroatoms. The van der Waals surface area contributed by atoms with Gasteiger partial charge in [0, 0.05) is 0 Å². The van der Waals surface area contributed by atoms with E-state index in [0.717, 1.165) is 5.56 Å². The Balaban J connectivity index is 2.06. The van der Waals surface area contributed by atoms with Gasteiger partial charge in [-0.25, -0.2) is 13.2 Å². The van der Waals surface area contributed by atoms with Gasteiger partial charge in [0.05, 0.1) is 17.7 Å². The van der Waals surface area contributed by atoms with E-state index in [1.807, 2.05) is 6.07 Å². The minimum Gasteiger partial charge on any atom is -0.495 e. The standard InChI is InChI=1S/C16H19N3O4S/c1-11-8-9-12(2)15(10-11)24(21,22)19-18-16(20)17-13-6-4-5-7-14(13)23-3/h4-10,19H,1-3H3,(H2,17,18,20). The molecule has 0 saturated heterocycles. The Morgan fingerprint density at radius 1 is 1.08 bits per heavy atom. The number of para-hydroxylation sites is 2. The summed E-state index contributed by atoms with van der Waals surface area (Å²) in [6, 6.07) is 11.1. The number of anilines is 1. The third-order valence-electron chi connectivity index (χ3n) is 3.29. The van der Waals surface area contributed by atoms with E-state index in [4.69, 9.17) is 4.74 Å². The van der Waals surface area contributed by atoms with Gasteiger partial charge < -0.3 is 10.1 Å². The van der Waals surface area contributed by atoms with Crippen molar-refractivity contribution in [3.63, 3.8) is 0 Å². The van der Waals surface area contributed by atoms with Crippen LogP contribution in [0.1, 0.15) is 11.1 Å². The molecule has 0 bridgehead atoms. The molecule has 2 aromatic carbocycles. The molecule has 2 aromatic rings. The van der Waals surface area contributed by atoms with Gasteiger partial charge in [0.1, 0.15) is 5.75 Å². The molecule has 0 unspecified atom stereocenters. The second-order valence-corrected chi connectivity index (χ2v) is 6.80. The number of aryl methyl sites for hydroxylation is 2. The second kappa shape index (κ2) is 7.33. The molecule has 24 heavy (non-hydrogen) atoms. The van der Waals surface area contributed by atoms with Crippen LogP contribution in [-0.4, -0.2) is 21.6 Å². The van der Waals surface area contributed by atoms with Crippen LogP contribution in [0.4, 0.5) is 10.5 Å². The highest BCUT2D eigenvalue weighted by Gasteiger charge is 2.18. The van der Waals surface area contributed by atoms with Crippen LogP contribution in [0.15, 0.2) is 47.4 Å². The van der Waals surface area contributed by atoms with Crippen molar-refractivity contribution >= 4 is 21.7 Å². The van der Waals surface area contributed by atoms with Crippen molar-refractivity contribution in [1.82, 2.24) is 10.3 Å². The maximum absolute atomic E-state index is 12.3. The fourth-order valence-electron chi connectivity index (χ4n) is 2.07. The van der Waals surface area contributed by atoms with E-state index in [0.29, 0.717) is 17.0 Å². The SMILES string of the molecule is COc1ccccc1NC(=O)NNS(=O)(=O)c1cc(C)ccc1C. The second-order valence-electron chi connectivity index (χ2n) is 5.15. The summed E-state index contributed by atoms with van der Waals surface area (Å²) < 4.78 is 29.7. The number of amides is 2. The largest absolute Gasteiger partial charge is 0.495 e. The third kappa shape index (κ3) is 4.24. The topological polar surface area (TPSA) is 96.5 Å². The molecule has 0 aliphatic carbocycles. The number of sulfonamides is 1. The summed E-state index contributed by atoms with van der Waals surface area (Å²) in [5.74, 6) is 0.463. The van der Waals surface area contributed by atoms with E-state index in [2.05, 4.69) is 15.6 Å². The number of carbonyl (C=O) groups excluding carboxylic acids is 1. The molecule has 2 rings (SSSR count). The van der Waals surface area contributed by atoms with Crippen LogP contribution in [-0.2, 0) is 10.0 Å².